The third-order valence-corrected chi connectivity index (χ3v) is 4.48. The number of carbonyl (C=O) groups excluding carboxylic acids is 1. The quantitative estimate of drug-likeness (QED) is 0.870. The van der Waals surface area contributed by atoms with Crippen molar-refractivity contribution in [2.24, 2.45) is 10.6 Å². The molecule has 0 radical (unpaired) electrons. The number of carbonyl (C=O) groups is 1. The van der Waals surface area contributed by atoms with Crippen LogP contribution < -0.4 is 10.5 Å². The number of hydrogen-bond acceptors (Lipinski definition) is 3. The van der Waals surface area contributed by atoms with Crippen molar-refractivity contribution in [2.75, 3.05) is 0 Å². The number of sulfonamides is 1. The van der Waals surface area contributed by atoms with E-state index in [0.29, 0.717) is 0 Å². The molecule has 0 aliphatic rings. The van der Waals surface area contributed by atoms with E-state index in [-0.39, 0.29) is 16.8 Å². The van der Waals surface area contributed by atoms with E-state index >= 15 is 0 Å². The summed E-state index contributed by atoms with van der Waals surface area (Å²) in [5.41, 5.74) is 0.409. The zero-order valence-electron chi connectivity index (χ0n) is 12.3. The summed E-state index contributed by atoms with van der Waals surface area (Å²) in [5.74, 6) is -0.0250. The van der Waals surface area contributed by atoms with Crippen molar-refractivity contribution >= 4 is 15.9 Å². The fraction of sp³-hybridized carbons (Fsp3) is 0.500. The summed E-state index contributed by atoms with van der Waals surface area (Å²) in [6.07, 6.45) is 0.746. The van der Waals surface area contributed by atoms with Gasteiger partial charge in [0.15, 0.2) is 0 Å². The minimum absolute atomic E-state index is 0.0250. The number of primary sulfonamides is 1. The molecule has 6 heteroatoms. The molecule has 0 aliphatic carbocycles. The van der Waals surface area contributed by atoms with Crippen LogP contribution in [-0.2, 0) is 14.8 Å². The predicted molar refractivity (Wildman–Crippen MR) is 78.4 cm³/mol. The molecule has 1 aromatic rings. The van der Waals surface area contributed by atoms with Gasteiger partial charge >= 0.3 is 0 Å². The topological polar surface area (TPSA) is 89.3 Å². The Hall–Kier alpha value is -1.40. The lowest BCUT2D eigenvalue weighted by Crippen LogP contribution is -2.37. The number of rotatable bonds is 5. The molecule has 1 aromatic carbocycles. The zero-order chi connectivity index (χ0) is 15.6. The zero-order valence-corrected chi connectivity index (χ0v) is 13.1. The normalized spacial score (nSPS) is 13.8. The molecule has 0 spiro atoms. The Balaban J connectivity index is 2.84. The Labute approximate surface area is 120 Å². The van der Waals surface area contributed by atoms with Crippen LogP contribution in [0, 0.1) is 5.41 Å². The van der Waals surface area contributed by atoms with E-state index in [4.69, 9.17) is 5.14 Å². The van der Waals surface area contributed by atoms with Gasteiger partial charge in [-0.3, -0.25) is 4.79 Å². The second-order valence-electron chi connectivity index (χ2n) is 5.55. The molecule has 1 atom stereocenters. The molecule has 0 aliphatic heterocycles. The molecule has 0 fully saturated rings. The van der Waals surface area contributed by atoms with Crippen molar-refractivity contribution in [3.05, 3.63) is 29.8 Å². The van der Waals surface area contributed by atoms with Crippen molar-refractivity contribution in [1.29, 1.82) is 0 Å². The Morgan fingerprint density at radius 1 is 1.30 bits per heavy atom. The second-order valence-corrected chi connectivity index (χ2v) is 7.11. The molecule has 20 heavy (non-hydrogen) atoms. The molecule has 112 valence electrons. The van der Waals surface area contributed by atoms with E-state index in [2.05, 4.69) is 5.32 Å². The van der Waals surface area contributed by atoms with E-state index in [9.17, 15) is 13.2 Å². The highest BCUT2D eigenvalue weighted by molar-refractivity contribution is 7.89. The summed E-state index contributed by atoms with van der Waals surface area (Å²) < 4.78 is 22.3. The Morgan fingerprint density at radius 2 is 1.80 bits per heavy atom. The van der Waals surface area contributed by atoms with Gasteiger partial charge in [-0.1, -0.05) is 32.9 Å². The van der Waals surface area contributed by atoms with Gasteiger partial charge in [-0.15, -0.1) is 0 Å². The number of benzene rings is 1. The molecule has 5 nitrogen and oxygen atoms in total. The van der Waals surface area contributed by atoms with Crippen molar-refractivity contribution in [2.45, 2.75) is 45.1 Å². The first-order valence-corrected chi connectivity index (χ1v) is 8.06. The monoisotopic (exact) mass is 298 g/mol. The number of hydrogen-bond donors (Lipinski definition) is 2. The van der Waals surface area contributed by atoms with Crippen LogP contribution in [0.4, 0.5) is 0 Å². The Morgan fingerprint density at radius 3 is 2.20 bits per heavy atom. The van der Waals surface area contributed by atoms with E-state index in [1.807, 2.05) is 27.7 Å². The first-order valence-electron chi connectivity index (χ1n) is 6.51. The van der Waals surface area contributed by atoms with Crippen molar-refractivity contribution < 1.29 is 13.2 Å². The molecule has 0 aromatic heterocycles. The third kappa shape index (κ3) is 4.05. The molecule has 0 saturated carbocycles. The molecule has 0 bridgehead atoms. The van der Waals surface area contributed by atoms with Gasteiger partial charge in [-0.2, -0.15) is 0 Å². The summed E-state index contributed by atoms with van der Waals surface area (Å²) >= 11 is 0. The highest BCUT2D eigenvalue weighted by atomic mass is 32.2. The molecule has 0 saturated heterocycles. The summed E-state index contributed by atoms with van der Waals surface area (Å²) in [6.45, 7) is 7.60. The van der Waals surface area contributed by atoms with Crippen LogP contribution in [-0.4, -0.2) is 14.3 Å². The van der Waals surface area contributed by atoms with Gasteiger partial charge in [0.05, 0.1) is 10.9 Å². The van der Waals surface area contributed by atoms with Gasteiger partial charge in [0.1, 0.15) is 0 Å². The van der Waals surface area contributed by atoms with Crippen LogP contribution in [0.3, 0.4) is 0 Å². The fourth-order valence-corrected chi connectivity index (χ4v) is 2.10. The molecule has 1 unspecified atom stereocenters. The first-order chi connectivity index (χ1) is 9.08. The SMILES string of the molecule is CCC(C)(C)C(=O)NC(C)c1ccc(S(N)(=O)=O)cc1. The molecule has 1 rings (SSSR count). The summed E-state index contributed by atoms with van der Waals surface area (Å²) in [7, 11) is -3.68. The summed E-state index contributed by atoms with van der Waals surface area (Å²) in [4.78, 5) is 12.1. The number of nitrogens with two attached hydrogens (primary N) is 1. The van der Waals surface area contributed by atoms with Gasteiger partial charge in [0.25, 0.3) is 0 Å². The van der Waals surface area contributed by atoms with Crippen LogP contribution >= 0.6 is 0 Å². The van der Waals surface area contributed by atoms with Crippen LogP contribution in [0.2, 0.25) is 0 Å². The minimum Gasteiger partial charge on any atom is -0.349 e. The van der Waals surface area contributed by atoms with E-state index in [1.54, 1.807) is 12.1 Å². The van der Waals surface area contributed by atoms with E-state index in [0.717, 1.165) is 12.0 Å². The minimum atomic E-state index is -3.68. The maximum absolute atomic E-state index is 12.1. The van der Waals surface area contributed by atoms with Gasteiger partial charge in [-0.25, -0.2) is 13.6 Å². The summed E-state index contributed by atoms with van der Waals surface area (Å²) in [6, 6.07) is 6.01. The van der Waals surface area contributed by atoms with E-state index in [1.165, 1.54) is 12.1 Å². The molecular weight excluding hydrogens is 276 g/mol. The van der Waals surface area contributed by atoms with Crippen molar-refractivity contribution in [3.8, 4) is 0 Å². The summed E-state index contributed by atoms with van der Waals surface area (Å²) in [5, 5.41) is 7.97. The maximum atomic E-state index is 12.1. The second kappa shape index (κ2) is 5.93. The van der Waals surface area contributed by atoms with E-state index < -0.39 is 15.4 Å². The highest BCUT2D eigenvalue weighted by Crippen LogP contribution is 2.22. The Bertz CT molecular complexity index is 577. The van der Waals surface area contributed by atoms with Crippen LogP contribution in [0.15, 0.2) is 29.2 Å². The molecule has 1 amide bonds. The average Bonchev–Trinajstić information content (AvgIpc) is 2.37. The number of nitrogens with one attached hydrogen (secondary N) is 1. The molecule has 3 N–H and O–H groups in total. The van der Waals surface area contributed by atoms with Crippen LogP contribution in [0.25, 0.3) is 0 Å². The van der Waals surface area contributed by atoms with Gasteiger partial charge in [-0.05, 0) is 31.0 Å². The van der Waals surface area contributed by atoms with Crippen LogP contribution in [0.5, 0.6) is 0 Å². The smallest absolute Gasteiger partial charge is 0.238 e. The lowest BCUT2D eigenvalue weighted by molar-refractivity contribution is -0.130. The van der Waals surface area contributed by atoms with Gasteiger partial charge < -0.3 is 5.32 Å². The molecule has 0 heterocycles. The third-order valence-electron chi connectivity index (χ3n) is 3.55. The Kier molecular flexibility index (Phi) is 4.94. The first kappa shape index (κ1) is 16.7. The fourth-order valence-electron chi connectivity index (χ4n) is 1.58. The largest absolute Gasteiger partial charge is 0.349 e. The standard InChI is InChI=1S/C14H22N2O3S/c1-5-14(3,4)13(17)16-10(2)11-6-8-12(9-7-11)20(15,18)19/h6-10H,5H2,1-4H3,(H,16,17)(H2,15,18,19). The number of amides is 1. The predicted octanol–water partition coefficient (Wildman–Crippen LogP) is 1.95. The lowest BCUT2D eigenvalue weighted by atomic mass is 9.89. The van der Waals surface area contributed by atoms with Gasteiger partial charge in [0, 0.05) is 5.41 Å². The van der Waals surface area contributed by atoms with Crippen molar-refractivity contribution in [3.63, 3.8) is 0 Å². The maximum Gasteiger partial charge on any atom is 0.238 e. The average molecular weight is 298 g/mol. The van der Waals surface area contributed by atoms with Crippen molar-refractivity contribution in [1.82, 2.24) is 5.32 Å². The van der Waals surface area contributed by atoms with Crippen LogP contribution in [0.1, 0.15) is 45.7 Å². The highest BCUT2D eigenvalue weighted by Gasteiger charge is 2.26. The lowest BCUT2D eigenvalue weighted by Gasteiger charge is -2.24. The molecular formula is C14H22N2O3S. The van der Waals surface area contributed by atoms with Gasteiger partial charge in [0.2, 0.25) is 15.9 Å².